The van der Waals surface area contributed by atoms with Gasteiger partial charge < -0.3 is 4.74 Å². The van der Waals surface area contributed by atoms with E-state index < -0.39 is 0 Å². The molecule has 4 aliphatic carbocycles. The Labute approximate surface area is 119 Å². The van der Waals surface area contributed by atoms with Gasteiger partial charge in [-0.3, -0.25) is 14.5 Å². The fourth-order valence-corrected chi connectivity index (χ4v) is 5.93. The summed E-state index contributed by atoms with van der Waals surface area (Å²) in [5.74, 6) is 1.94. The Morgan fingerprint density at radius 2 is 1.45 bits per heavy atom. The standard InChI is InChI=1S/C16H23NO3/c1-10(17-8-14(18)20-15(19)9-17)16-5-11-2-12(6-16)4-13(3-11)7-16/h10-13H,2-9H2,1H3. The second-order valence-corrected chi connectivity index (χ2v) is 7.71. The van der Waals surface area contributed by atoms with Gasteiger partial charge in [0.1, 0.15) is 0 Å². The summed E-state index contributed by atoms with van der Waals surface area (Å²) in [6, 6.07) is 0.327. The van der Waals surface area contributed by atoms with Crippen LogP contribution < -0.4 is 0 Å². The topological polar surface area (TPSA) is 46.6 Å². The van der Waals surface area contributed by atoms with Crippen LogP contribution in [0.5, 0.6) is 0 Å². The lowest BCUT2D eigenvalue weighted by atomic mass is 9.47. The van der Waals surface area contributed by atoms with Gasteiger partial charge in [0.2, 0.25) is 0 Å². The summed E-state index contributed by atoms with van der Waals surface area (Å²) < 4.78 is 4.67. The van der Waals surface area contributed by atoms with E-state index in [1.807, 2.05) is 0 Å². The Bertz CT molecular complexity index is 407. The third-order valence-electron chi connectivity index (χ3n) is 6.41. The fourth-order valence-electron chi connectivity index (χ4n) is 5.93. The second-order valence-electron chi connectivity index (χ2n) is 7.71. The Balaban J connectivity index is 1.57. The van der Waals surface area contributed by atoms with Crippen molar-refractivity contribution >= 4 is 11.9 Å². The summed E-state index contributed by atoms with van der Waals surface area (Å²) in [5.41, 5.74) is 0.354. The average Bonchev–Trinajstić information content (AvgIpc) is 2.35. The lowest BCUT2D eigenvalue weighted by Gasteiger charge is -2.60. The molecule has 0 N–H and O–H groups in total. The predicted octanol–water partition coefficient (Wildman–Crippen LogP) is 1.98. The Hall–Kier alpha value is -0.900. The molecule has 0 aromatic rings. The highest BCUT2D eigenvalue weighted by atomic mass is 16.6. The molecule has 0 spiro atoms. The van der Waals surface area contributed by atoms with Crippen LogP contribution in [0.4, 0.5) is 0 Å². The first kappa shape index (κ1) is 12.8. The lowest BCUT2D eigenvalue weighted by Crippen LogP contribution is -2.58. The molecule has 5 rings (SSSR count). The highest BCUT2D eigenvalue weighted by molar-refractivity contribution is 5.90. The number of nitrogens with zero attached hydrogens (tertiary/aromatic N) is 1. The van der Waals surface area contributed by atoms with E-state index in [1.165, 1.54) is 38.5 Å². The van der Waals surface area contributed by atoms with Crippen molar-refractivity contribution in [1.82, 2.24) is 4.90 Å². The highest BCUT2D eigenvalue weighted by Crippen LogP contribution is 2.61. The van der Waals surface area contributed by atoms with Crippen molar-refractivity contribution < 1.29 is 14.3 Å². The van der Waals surface area contributed by atoms with Crippen molar-refractivity contribution in [1.29, 1.82) is 0 Å². The molecule has 110 valence electrons. The van der Waals surface area contributed by atoms with Crippen molar-refractivity contribution in [3.63, 3.8) is 0 Å². The van der Waals surface area contributed by atoms with Gasteiger partial charge in [0.15, 0.2) is 0 Å². The van der Waals surface area contributed by atoms with Crippen LogP contribution in [0.2, 0.25) is 0 Å². The maximum atomic E-state index is 11.5. The molecule has 1 aliphatic heterocycles. The normalized spacial score (nSPS) is 45.5. The van der Waals surface area contributed by atoms with Crippen molar-refractivity contribution in [3.8, 4) is 0 Å². The molecule has 4 bridgehead atoms. The number of hydrogen-bond acceptors (Lipinski definition) is 4. The number of hydrogen-bond donors (Lipinski definition) is 0. The van der Waals surface area contributed by atoms with Crippen LogP contribution in [-0.2, 0) is 14.3 Å². The monoisotopic (exact) mass is 277 g/mol. The fraction of sp³-hybridized carbons (Fsp3) is 0.875. The Morgan fingerprint density at radius 1 is 1.00 bits per heavy atom. The predicted molar refractivity (Wildman–Crippen MR) is 72.7 cm³/mol. The molecule has 20 heavy (non-hydrogen) atoms. The minimum Gasteiger partial charge on any atom is -0.391 e. The van der Waals surface area contributed by atoms with Gasteiger partial charge in [-0.1, -0.05) is 0 Å². The van der Waals surface area contributed by atoms with E-state index in [-0.39, 0.29) is 25.0 Å². The molecular weight excluding hydrogens is 254 g/mol. The van der Waals surface area contributed by atoms with Crippen LogP contribution in [0.3, 0.4) is 0 Å². The Morgan fingerprint density at radius 3 is 1.90 bits per heavy atom. The van der Waals surface area contributed by atoms with E-state index in [0.717, 1.165) is 17.8 Å². The maximum absolute atomic E-state index is 11.5. The molecule has 0 amide bonds. The highest BCUT2D eigenvalue weighted by Gasteiger charge is 2.54. The zero-order valence-electron chi connectivity index (χ0n) is 12.1. The summed E-state index contributed by atoms with van der Waals surface area (Å²) in [4.78, 5) is 25.1. The first-order chi connectivity index (χ1) is 9.54. The van der Waals surface area contributed by atoms with Gasteiger partial charge in [0.25, 0.3) is 0 Å². The number of rotatable bonds is 2. The average molecular weight is 277 g/mol. The van der Waals surface area contributed by atoms with Gasteiger partial charge in [0, 0.05) is 6.04 Å². The van der Waals surface area contributed by atoms with Crippen LogP contribution in [-0.4, -0.2) is 36.0 Å². The van der Waals surface area contributed by atoms with Crippen molar-refractivity contribution in [2.24, 2.45) is 23.2 Å². The van der Waals surface area contributed by atoms with Gasteiger partial charge >= 0.3 is 11.9 Å². The largest absolute Gasteiger partial charge is 0.391 e. The van der Waals surface area contributed by atoms with E-state index >= 15 is 0 Å². The van der Waals surface area contributed by atoms with Gasteiger partial charge in [-0.15, -0.1) is 0 Å². The number of ether oxygens (including phenoxy) is 1. The Kier molecular flexibility index (Phi) is 2.75. The first-order valence-electron chi connectivity index (χ1n) is 8.02. The molecule has 5 aliphatic rings. The number of cyclic esters (lactones) is 2. The van der Waals surface area contributed by atoms with Crippen molar-refractivity contribution in [3.05, 3.63) is 0 Å². The van der Waals surface area contributed by atoms with E-state index in [9.17, 15) is 9.59 Å². The molecule has 1 heterocycles. The smallest absolute Gasteiger partial charge is 0.327 e. The van der Waals surface area contributed by atoms with E-state index in [1.54, 1.807) is 0 Å². The van der Waals surface area contributed by atoms with Gasteiger partial charge in [0.05, 0.1) is 13.1 Å². The van der Waals surface area contributed by atoms with E-state index in [4.69, 9.17) is 0 Å². The number of morpholine rings is 1. The third-order valence-corrected chi connectivity index (χ3v) is 6.41. The van der Waals surface area contributed by atoms with Crippen molar-refractivity contribution in [2.75, 3.05) is 13.1 Å². The molecule has 0 aromatic heterocycles. The molecule has 0 aromatic carbocycles. The van der Waals surface area contributed by atoms with Crippen LogP contribution in [0.15, 0.2) is 0 Å². The van der Waals surface area contributed by atoms with Crippen LogP contribution >= 0.6 is 0 Å². The number of carbonyl (C=O) groups is 2. The van der Waals surface area contributed by atoms with Crippen LogP contribution in [0, 0.1) is 23.2 Å². The summed E-state index contributed by atoms with van der Waals surface area (Å²) >= 11 is 0. The summed E-state index contributed by atoms with van der Waals surface area (Å²) in [6.07, 6.45) is 8.19. The van der Waals surface area contributed by atoms with Gasteiger partial charge in [-0.05, 0) is 68.6 Å². The summed E-state index contributed by atoms with van der Waals surface area (Å²) in [5, 5.41) is 0. The lowest BCUT2D eigenvalue weighted by molar-refractivity contribution is -0.172. The third kappa shape index (κ3) is 1.92. The number of esters is 2. The first-order valence-corrected chi connectivity index (χ1v) is 8.02. The molecular formula is C16H23NO3. The van der Waals surface area contributed by atoms with Gasteiger partial charge in [-0.25, -0.2) is 0 Å². The quantitative estimate of drug-likeness (QED) is 0.572. The second kappa shape index (κ2) is 4.30. The van der Waals surface area contributed by atoms with E-state index in [0.29, 0.717) is 11.5 Å². The molecule has 1 unspecified atom stereocenters. The molecule has 4 heteroatoms. The van der Waals surface area contributed by atoms with Crippen LogP contribution in [0.1, 0.15) is 45.4 Å². The molecule has 4 nitrogen and oxygen atoms in total. The SMILES string of the molecule is CC(N1CC(=O)OC(=O)C1)C12CC3CC(CC(C3)C1)C2. The minimum atomic E-state index is -0.377. The van der Waals surface area contributed by atoms with Crippen molar-refractivity contribution in [2.45, 2.75) is 51.5 Å². The van der Waals surface area contributed by atoms with Crippen LogP contribution in [0.25, 0.3) is 0 Å². The molecule has 1 atom stereocenters. The number of carbonyl (C=O) groups excluding carboxylic acids is 2. The summed E-state index contributed by atoms with van der Waals surface area (Å²) in [6.45, 7) is 2.81. The molecule has 4 saturated carbocycles. The minimum absolute atomic E-state index is 0.286. The zero-order chi connectivity index (χ0) is 13.9. The summed E-state index contributed by atoms with van der Waals surface area (Å²) in [7, 11) is 0. The molecule has 1 saturated heterocycles. The maximum Gasteiger partial charge on any atom is 0.327 e. The zero-order valence-corrected chi connectivity index (χ0v) is 12.1. The van der Waals surface area contributed by atoms with Gasteiger partial charge in [-0.2, -0.15) is 0 Å². The molecule has 5 fully saturated rings. The molecule has 0 radical (unpaired) electrons. The van der Waals surface area contributed by atoms with E-state index in [2.05, 4.69) is 16.6 Å².